The van der Waals surface area contributed by atoms with E-state index in [4.69, 9.17) is 11.1 Å². The third-order valence-corrected chi connectivity index (χ3v) is 4.45. The molecule has 22 heavy (non-hydrogen) atoms. The molecule has 1 amide bonds. The highest BCUT2D eigenvalue weighted by Gasteiger charge is 2.41. The maximum absolute atomic E-state index is 12.5. The van der Waals surface area contributed by atoms with Crippen LogP contribution >= 0.6 is 0 Å². The SMILES string of the molecule is Cc1cccc2nc(C)n([C@]3(N)CCC(C)NC3=O)c(=N)c12. The number of aromatic nitrogens is 2. The van der Waals surface area contributed by atoms with E-state index >= 15 is 0 Å². The quantitative estimate of drug-likeness (QED) is 0.734. The van der Waals surface area contributed by atoms with Crippen LogP contribution < -0.4 is 16.5 Å². The second kappa shape index (κ2) is 4.91. The topological polar surface area (TPSA) is 96.8 Å². The fourth-order valence-corrected chi connectivity index (χ4v) is 3.22. The zero-order chi connectivity index (χ0) is 16.1. The fraction of sp³-hybridized carbons (Fsp3) is 0.438. The van der Waals surface area contributed by atoms with Crippen molar-refractivity contribution in [3.63, 3.8) is 0 Å². The number of nitrogens with two attached hydrogens (primary N) is 1. The Labute approximate surface area is 128 Å². The van der Waals surface area contributed by atoms with E-state index in [1.54, 1.807) is 11.5 Å². The van der Waals surface area contributed by atoms with Gasteiger partial charge in [-0.05, 0) is 45.2 Å². The molecule has 1 unspecified atom stereocenters. The molecule has 2 aromatic rings. The minimum atomic E-state index is -1.25. The summed E-state index contributed by atoms with van der Waals surface area (Å²) in [5, 5.41) is 12.2. The van der Waals surface area contributed by atoms with Gasteiger partial charge in [0.2, 0.25) is 0 Å². The largest absolute Gasteiger partial charge is 0.350 e. The summed E-state index contributed by atoms with van der Waals surface area (Å²) in [6, 6.07) is 5.84. The maximum Gasteiger partial charge on any atom is 0.261 e. The molecule has 6 heteroatoms. The molecule has 1 saturated heterocycles. The van der Waals surface area contributed by atoms with Crippen molar-refractivity contribution in [2.24, 2.45) is 5.73 Å². The summed E-state index contributed by atoms with van der Waals surface area (Å²) in [4.78, 5) is 17.0. The molecular weight excluding hydrogens is 278 g/mol. The number of benzene rings is 1. The second-order valence-electron chi connectivity index (χ2n) is 6.15. The van der Waals surface area contributed by atoms with E-state index in [0.717, 1.165) is 22.9 Å². The molecule has 1 aromatic carbocycles. The van der Waals surface area contributed by atoms with Crippen LogP contribution in [-0.4, -0.2) is 21.5 Å². The summed E-state index contributed by atoms with van der Waals surface area (Å²) in [7, 11) is 0. The molecular formula is C16H21N5O. The lowest BCUT2D eigenvalue weighted by Crippen LogP contribution is -2.63. The number of aryl methyl sites for hydroxylation is 2. The van der Waals surface area contributed by atoms with Crippen molar-refractivity contribution in [3.05, 3.63) is 35.1 Å². The summed E-state index contributed by atoms with van der Waals surface area (Å²) < 4.78 is 1.57. The number of fused-ring (bicyclic) bond motifs is 1. The highest BCUT2D eigenvalue weighted by Crippen LogP contribution is 2.24. The molecule has 1 fully saturated rings. The van der Waals surface area contributed by atoms with E-state index < -0.39 is 5.66 Å². The van der Waals surface area contributed by atoms with Crippen molar-refractivity contribution >= 4 is 16.8 Å². The fourth-order valence-electron chi connectivity index (χ4n) is 3.22. The standard InChI is InChI=1S/C16H21N5O/c1-9-5-4-6-12-13(9)14(17)21(11(3)20-12)16(18)8-7-10(2)19-15(16)22/h4-6,10,17H,7-8,18H2,1-3H3,(H,19,22)/t10?,16-/m1/s1. The van der Waals surface area contributed by atoms with Gasteiger partial charge < -0.3 is 11.1 Å². The predicted molar refractivity (Wildman–Crippen MR) is 84.1 cm³/mol. The number of hydrogen-bond donors (Lipinski definition) is 3. The number of nitrogens with zero attached hydrogens (tertiary/aromatic N) is 2. The van der Waals surface area contributed by atoms with Gasteiger partial charge in [-0.2, -0.15) is 0 Å². The molecule has 4 N–H and O–H groups in total. The van der Waals surface area contributed by atoms with Crippen LogP contribution in [0.3, 0.4) is 0 Å². The lowest BCUT2D eigenvalue weighted by molar-refractivity contribution is -0.133. The first-order valence-electron chi connectivity index (χ1n) is 7.48. The average Bonchev–Trinajstić information content (AvgIpc) is 2.43. The van der Waals surface area contributed by atoms with E-state index in [2.05, 4.69) is 10.3 Å². The Morgan fingerprint density at radius 1 is 1.45 bits per heavy atom. The molecule has 1 aliphatic heterocycles. The molecule has 0 saturated carbocycles. The Morgan fingerprint density at radius 3 is 2.86 bits per heavy atom. The highest BCUT2D eigenvalue weighted by molar-refractivity contribution is 5.86. The molecule has 1 aromatic heterocycles. The predicted octanol–water partition coefficient (Wildman–Crippen LogP) is 1.04. The molecule has 3 rings (SSSR count). The zero-order valence-electron chi connectivity index (χ0n) is 13.1. The van der Waals surface area contributed by atoms with Gasteiger partial charge in [0, 0.05) is 11.4 Å². The van der Waals surface area contributed by atoms with Gasteiger partial charge in [0.25, 0.3) is 5.91 Å². The number of nitrogens with one attached hydrogen (secondary N) is 2. The Bertz CT molecular complexity index is 825. The first kappa shape index (κ1) is 14.7. The van der Waals surface area contributed by atoms with Gasteiger partial charge in [-0.3, -0.25) is 14.8 Å². The summed E-state index contributed by atoms with van der Waals surface area (Å²) in [5.74, 6) is 0.331. The maximum atomic E-state index is 12.5. The zero-order valence-corrected chi connectivity index (χ0v) is 13.1. The Kier molecular flexibility index (Phi) is 3.29. The van der Waals surface area contributed by atoms with E-state index in [1.165, 1.54) is 0 Å². The van der Waals surface area contributed by atoms with Crippen LogP contribution in [0.4, 0.5) is 0 Å². The molecule has 2 heterocycles. The second-order valence-corrected chi connectivity index (χ2v) is 6.15. The first-order valence-corrected chi connectivity index (χ1v) is 7.48. The first-order chi connectivity index (χ1) is 10.3. The van der Waals surface area contributed by atoms with Crippen molar-refractivity contribution < 1.29 is 4.79 Å². The number of carbonyl (C=O) groups excluding carboxylic acids is 1. The number of carbonyl (C=O) groups is 1. The summed E-state index contributed by atoms with van der Waals surface area (Å²) >= 11 is 0. The summed E-state index contributed by atoms with van der Waals surface area (Å²) in [6.45, 7) is 5.69. The lowest BCUT2D eigenvalue weighted by Gasteiger charge is -2.38. The van der Waals surface area contributed by atoms with E-state index in [0.29, 0.717) is 12.2 Å². The van der Waals surface area contributed by atoms with Crippen LogP contribution in [0.15, 0.2) is 18.2 Å². The summed E-state index contributed by atoms with van der Waals surface area (Å²) in [5.41, 5.74) is 7.12. The van der Waals surface area contributed by atoms with E-state index in [1.807, 2.05) is 32.0 Å². The van der Waals surface area contributed by atoms with Crippen LogP contribution in [0.1, 0.15) is 31.2 Å². The van der Waals surface area contributed by atoms with Gasteiger partial charge >= 0.3 is 0 Å². The minimum Gasteiger partial charge on any atom is -0.350 e. The Hall–Kier alpha value is -2.21. The number of piperidine rings is 1. The van der Waals surface area contributed by atoms with E-state index in [9.17, 15) is 4.79 Å². The molecule has 1 aliphatic rings. The molecule has 0 radical (unpaired) electrons. The van der Waals surface area contributed by atoms with Crippen molar-refractivity contribution in [1.29, 1.82) is 5.41 Å². The lowest BCUT2D eigenvalue weighted by atomic mass is 9.94. The monoisotopic (exact) mass is 299 g/mol. The van der Waals surface area contributed by atoms with Crippen LogP contribution in [0.5, 0.6) is 0 Å². The minimum absolute atomic E-state index is 0.106. The molecule has 0 aliphatic carbocycles. The van der Waals surface area contributed by atoms with Crippen molar-refractivity contribution in [3.8, 4) is 0 Å². The molecule has 0 bridgehead atoms. The number of hydrogen-bond acceptors (Lipinski definition) is 4. The van der Waals surface area contributed by atoms with Crippen molar-refractivity contribution in [2.45, 2.75) is 45.3 Å². The Morgan fingerprint density at radius 2 is 2.18 bits per heavy atom. The van der Waals surface area contributed by atoms with Gasteiger partial charge in [-0.15, -0.1) is 0 Å². The smallest absolute Gasteiger partial charge is 0.261 e. The van der Waals surface area contributed by atoms with Crippen molar-refractivity contribution in [1.82, 2.24) is 14.9 Å². The molecule has 116 valence electrons. The van der Waals surface area contributed by atoms with Gasteiger partial charge in [-0.25, -0.2) is 4.98 Å². The number of rotatable bonds is 1. The van der Waals surface area contributed by atoms with E-state index in [-0.39, 0.29) is 17.4 Å². The average molecular weight is 299 g/mol. The number of amides is 1. The third kappa shape index (κ3) is 2.02. The van der Waals surface area contributed by atoms with Gasteiger partial charge in [0.05, 0.1) is 5.52 Å². The van der Waals surface area contributed by atoms with Crippen LogP contribution in [0.25, 0.3) is 10.9 Å². The van der Waals surface area contributed by atoms with Crippen LogP contribution in [-0.2, 0) is 10.5 Å². The van der Waals surface area contributed by atoms with Crippen LogP contribution in [0.2, 0.25) is 0 Å². The normalized spacial score (nSPS) is 25.3. The van der Waals surface area contributed by atoms with Crippen LogP contribution in [0, 0.1) is 19.3 Å². The highest BCUT2D eigenvalue weighted by atomic mass is 16.2. The molecule has 2 atom stereocenters. The molecule has 6 nitrogen and oxygen atoms in total. The Balaban J connectivity index is 2.30. The van der Waals surface area contributed by atoms with Gasteiger partial charge in [-0.1, -0.05) is 12.1 Å². The van der Waals surface area contributed by atoms with Gasteiger partial charge in [0.15, 0.2) is 5.66 Å². The van der Waals surface area contributed by atoms with Gasteiger partial charge in [0.1, 0.15) is 11.3 Å². The van der Waals surface area contributed by atoms with Crippen molar-refractivity contribution in [2.75, 3.05) is 0 Å². The third-order valence-electron chi connectivity index (χ3n) is 4.45. The summed E-state index contributed by atoms with van der Waals surface area (Å²) in [6.07, 6.45) is 1.27. The molecule has 0 spiro atoms.